The molecule has 1 unspecified atom stereocenters. The second-order valence-corrected chi connectivity index (χ2v) is 4.82. The molecule has 1 saturated carbocycles. The highest BCUT2D eigenvalue weighted by atomic mass is 16.6. The fourth-order valence-electron chi connectivity index (χ4n) is 2.36. The van der Waals surface area contributed by atoms with Crippen LogP contribution in [-0.4, -0.2) is 24.6 Å². The van der Waals surface area contributed by atoms with Crippen LogP contribution in [-0.2, 0) is 0 Å². The molecule has 0 saturated heterocycles. The van der Waals surface area contributed by atoms with E-state index in [2.05, 4.69) is 0 Å². The molecule has 0 amide bonds. The largest absolute Gasteiger partial charge is 0.365 e. The summed E-state index contributed by atoms with van der Waals surface area (Å²) in [5.74, 6) is 0.519. The zero-order valence-corrected chi connectivity index (χ0v) is 10.7. The molecule has 1 aromatic carbocycles. The van der Waals surface area contributed by atoms with Crippen LogP contribution in [0.3, 0.4) is 0 Å². The van der Waals surface area contributed by atoms with E-state index in [1.807, 2.05) is 18.0 Å². The number of nitrogens with zero attached hydrogens (tertiary/aromatic N) is 3. The van der Waals surface area contributed by atoms with Gasteiger partial charge in [-0.05, 0) is 30.9 Å². The van der Waals surface area contributed by atoms with E-state index in [0.717, 1.165) is 12.8 Å². The quantitative estimate of drug-likeness (QED) is 0.641. The van der Waals surface area contributed by atoms with Gasteiger partial charge in [0.15, 0.2) is 0 Å². The van der Waals surface area contributed by atoms with E-state index in [1.54, 1.807) is 12.1 Å². The van der Waals surface area contributed by atoms with Gasteiger partial charge in [-0.15, -0.1) is 0 Å². The van der Waals surface area contributed by atoms with Gasteiger partial charge in [-0.2, -0.15) is 5.26 Å². The van der Waals surface area contributed by atoms with Gasteiger partial charge in [0.05, 0.1) is 16.6 Å². The number of likely N-dealkylation sites (N-methyl/N-ethyl adjacent to an activating group) is 1. The number of nitro groups is 1. The monoisotopic (exact) mass is 260 g/mol. The molecule has 0 spiro atoms. The van der Waals surface area contributed by atoms with Crippen molar-refractivity contribution in [3.05, 3.63) is 33.9 Å². The molecular formula is C13H16N4O2. The van der Waals surface area contributed by atoms with Crippen molar-refractivity contribution in [1.82, 2.24) is 0 Å². The number of hydrogen-bond acceptors (Lipinski definition) is 5. The van der Waals surface area contributed by atoms with Crippen LogP contribution in [0.25, 0.3) is 0 Å². The van der Waals surface area contributed by atoms with E-state index >= 15 is 0 Å². The third-order valence-electron chi connectivity index (χ3n) is 3.59. The first kappa shape index (κ1) is 13.3. The van der Waals surface area contributed by atoms with Crippen LogP contribution in [0.15, 0.2) is 18.2 Å². The van der Waals surface area contributed by atoms with Crippen LogP contribution in [0.1, 0.15) is 18.4 Å². The Bertz CT molecular complexity index is 534. The van der Waals surface area contributed by atoms with Crippen LogP contribution in [0.2, 0.25) is 0 Å². The van der Waals surface area contributed by atoms with Crippen LogP contribution in [0.4, 0.5) is 11.4 Å². The fourth-order valence-corrected chi connectivity index (χ4v) is 2.36. The number of rotatable bonds is 5. The first-order valence-corrected chi connectivity index (χ1v) is 6.20. The predicted octanol–water partition coefficient (Wildman–Crippen LogP) is 1.64. The van der Waals surface area contributed by atoms with Crippen molar-refractivity contribution >= 4 is 11.4 Å². The lowest BCUT2D eigenvalue weighted by molar-refractivity contribution is -0.384. The highest BCUT2D eigenvalue weighted by Gasteiger charge is 2.34. The highest BCUT2D eigenvalue weighted by molar-refractivity contribution is 5.66. The SMILES string of the molecule is CN(c1ccc(C#N)cc1[N+](=O)[O-])C(CN)C1CC1. The van der Waals surface area contributed by atoms with E-state index < -0.39 is 4.92 Å². The first-order valence-electron chi connectivity index (χ1n) is 6.20. The molecule has 1 fully saturated rings. The summed E-state index contributed by atoms with van der Waals surface area (Å²) in [6.45, 7) is 0.471. The predicted molar refractivity (Wildman–Crippen MR) is 71.8 cm³/mol. The number of nitriles is 1. The van der Waals surface area contributed by atoms with Gasteiger partial charge in [0, 0.05) is 25.7 Å². The Morgan fingerprint density at radius 1 is 1.63 bits per heavy atom. The lowest BCUT2D eigenvalue weighted by Crippen LogP contribution is -2.40. The Kier molecular flexibility index (Phi) is 3.67. The van der Waals surface area contributed by atoms with E-state index in [1.165, 1.54) is 6.07 Å². The van der Waals surface area contributed by atoms with Crippen molar-refractivity contribution < 1.29 is 4.92 Å². The number of nitrogens with two attached hydrogens (primary N) is 1. The Hall–Kier alpha value is -2.13. The molecule has 0 radical (unpaired) electrons. The normalized spacial score (nSPS) is 15.6. The minimum Gasteiger partial charge on any atom is -0.365 e. The summed E-state index contributed by atoms with van der Waals surface area (Å²) in [6, 6.07) is 6.57. The topological polar surface area (TPSA) is 96.2 Å². The maximum Gasteiger partial charge on any atom is 0.293 e. The zero-order valence-electron chi connectivity index (χ0n) is 10.7. The molecule has 100 valence electrons. The van der Waals surface area contributed by atoms with Gasteiger partial charge in [0.25, 0.3) is 5.69 Å². The lowest BCUT2D eigenvalue weighted by Gasteiger charge is -2.28. The molecule has 0 aromatic heterocycles. The average Bonchev–Trinajstić information content (AvgIpc) is 3.23. The lowest BCUT2D eigenvalue weighted by atomic mass is 10.1. The summed E-state index contributed by atoms with van der Waals surface area (Å²) in [7, 11) is 1.82. The summed E-state index contributed by atoms with van der Waals surface area (Å²) >= 11 is 0. The molecule has 1 aliphatic rings. The number of benzene rings is 1. The Morgan fingerprint density at radius 2 is 2.32 bits per heavy atom. The molecule has 2 N–H and O–H groups in total. The van der Waals surface area contributed by atoms with Gasteiger partial charge in [0.1, 0.15) is 5.69 Å². The molecule has 0 bridgehead atoms. The van der Waals surface area contributed by atoms with E-state index in [0.29, 0.717) is 23.7 Å². The average molecular weight is 260 g/mol. The summed E-state index contributed by atoms with van der Waals surface area (Å²) in [4.78, 5) is 12.5. The standard InChI is InChI=1S/C13H16N4O2/c1-16(13(8-15)10-3-4-10)11-5-2-9(7-14)6-12(11)17(18)19/h2,5-6,10,13H,3-4,8,15H2,1H3. The molecule has 0 heterocycles. The third kappa shape index (κ3) is 2.66. The van der Waals surface area contributed by atoms with E-state index in [-0.39, 0.29) is 11.7 Å². The van der Waals surface area contributed by atoms with E-state index in [4.69, 9.17) is 11.0 Å². The van der Waals surface area contributed by atoms with Crippen molar-refractivity contribution in [2.45, 2.75) is 18.9 Å². The third-order valence-corrected chi connectivity index (χ3v) is 3.59. The number of hydrogen-bond donors (Lipinski definition) is 1. The molecule has 1 aromatic rings. The van der Waals surface area contributed by atoms with Crippen LogP contribution in [0, 0.1) is 27.4 Å². The maximum atomic E-state index is 11.1. The van der Waals surface area contributed by atoms with Crippen molar-refractivity contribution in [2.24, 2.45) is 11.7 Å². The smallest absolute Gasteiger partial charge is 0.293 e. The summed E-state index contributed by atoms with van der Waals surface area (Å²) in [5.41, 5.74) is 6.54. The maximum absolute atomic E-state index is 11.1. The Balaban J connectivity index is 2.37. The van der Waals surface area contributed by atoms with Crippen LogP contribution >= 0.6 is 0 Å². The van der Waals surface area contributed by atoms with Crippen molar-refractivity contribution in [2.75, 3.05) is 18.5 Å². The van der Waals surface area contributed by atoms with Gasteiger partial charge in [-0.25, -0.2) is 0 Å². The molecule has 1 atom stereocenters. The van der Waals surface area contributed by atoms with Gasteiger partial charge in [0.2, 0.25) is 0 Å². The molecule has 6 heteroatoms. The Morgan fingerprint density at radius 3 is 2.79 bits per heavy atom. The second kappa shape index (κ2) is 5.24. The summed E-state index contributed by atoms with van der Waals surface area (Å²) < 4.78 is 0. The van der Waals surface area contributed by atoms with Gasteiger partial charge in [-0.1, -0.05) is 0 Å². The molecule has 2 rings (SSSR count). The number of anilines is 1. The van der Waals surface area contributed by atoms with Crippen molar-refractivity contribution in [1.29, 1.82) is 5.26 Å². The Labute approximate surface area is 111 Å². The zero-order chi connectivity index (χ0) is 14.0. The van der Waals surface area contributed by atoms with Gasteiger partial charge in [-0.3, -0.25) is 10.1 Å². The highest BCUT2D eigenvalue weighted by Crippen LogP contribution is 2.38. The van der Waals surface area contributed by atoms with Crippen molar-refractivity contribution in [3.63, 3.8) is 0 Å². The number of nitro benzene ring substituents is 1. The molecule has 1 aliphatic carbocycles. The van der Waals surface area contributed by atoms with Crippen molar-refractivity contribution in [3.8, 4) is 6.07 Å². The fraction of sp³-hybridized carbons (Fsp3) is 0.462. The van der Waals surface area contributed by atoms with Gasteiger partial charge < -0.3 is 10.6 Å². The first-order chi connectivity index (χ1) is 9.08. The van der Waals surface area contributed by atoms with Crippen LogP contribution in [0.5, 0.6) is 0 Å². The molecular weight excluding hydrogens is 244 g/mol. The van der Waals surface area contributed by atoms with E-state index in [9.17, 15) is 10.1 Å². The summed E-state index contributed by atoms with van der Waals surface area (Å²) in [5, 5.41) is 19.9. The second-order valence-electron chi connectivity index (χ2n) is 4.82. The summed E-state index contributed by atoms with van der Waals surface area (Å²) in [6.07, 6.45) is 2.24. The van der Waals surface area contributed by atoms with Gasteiger partial charge >= 0.3 is 0 Å². The molecule has 19 heavy (non-hydrogen) atoms. The minimum absolute atomic E-state index is 0.0411. The molecule has 0 aliphatic heterocycles. The minimum atomic E-state index is -0.451. The van der Waals surface area contributed by atoms with Crippen LogP contribution < -0.4 is 10.6 Å². The molecule has 6 nitrogen and oxygen atoms in total.